The van der Waals surface area contributed by atoms with Gasteiger partial charge in [-0.25, -0.2) is 13.2 Å². The summed E-state index contributed by atoms with van der Waals surface area (Å²) in [4.78, 5) is 11.3. The predicted molar refractivity (Wildman–Crippen MR) is 137 cm³/mol. The number of carbonyl (C=O) groups is 1. The van der Waals surface area contributed by atoms with E-state index in [2.05, 4.69) is 5.32 Å². The zero-order valence-electron chi connectivity index (χ0n) is 19.1. The van der Waals surface area contributed by atoms with Gasteiger partial charge in [0.15, 0.2) is 0 Å². The number of hydrogen-bond acceptors (Lipinski definition) is 6. The summed E-state index contributed by atoms with van der Waals surface area (Å²) in [5.74, 6) is -1.09. The van der Waals surface area contributed by atoms with Crippen LogP contribution in [0.25, 0.3) is 0 Å². The quantitative estimate of drug-likeness (QED) is 0.346. The number of nitrogens with one attached hydrogen (secondary N) is 1. The lowest BCUT2D eigenvalue weighted by Gasteiger charge is -2.18. The van der Waals surface area contributed by atoms with Crippen molar-refractivity contribution in [3.63, 3.8) is 0 Å². The van der Waals surface area contributed by atoms with Crippen LogP contribution in [0.1, 0.15) is 34.5 Å². The van der Waals surface area contributed by atoms with Crippen LogP contribution >= 0.6 is 24.0 Å². The molecule has 0 aliphatic rings. The molecular formula is C25H27Cl2NO6S. The van der Waals surface area contributed by atoms with Gasteiger partial charge in [0, 0.05) is 17.6 Å². The van der Waals surface area contributed by atoms with Crippen molar-refractivity contribution < 1.29 is 28.2 Å². The summed E-state index contributed by atoms with van der Waals surface area (Å²) >= 11 is 5.97. The van der Waals surface area contributed by atoms with E-state index in [1.807, 2.05) is 6.92 Å². The summed E-state index contributed by atoms with van der Waals surface area (Å²) in [7, 11) is -2.66. The van der Waals surface area contributed by atoms with Crippen LogP contribution in [0.4, 0.5) is 0 Å². The summed E-state index contributed by atoms with van der Waals surface area (Å²) in [5, 5.41) is 23.6. The van der Waals surface area contributed by atoms with Gasteiger partial charge in [-0.05, 0) is 66.9 Å². The Labute approximate surface area is 216 Å². The highest BCUT2D eigenvalue weighted by Gasteiger charge is 2.25. The molecule has 0 heterocycles. The van der Waals surface area contributed by atoms with E-state index in [0.717, 1.165) is 11.1 Å². The first-order valence-corrected chi connectivity index (χ1v) is 12.4. The van der Waals surface area contributed by atoms with Gasteiger partial charge in [-0.15, -0.1) is 12.4 Å². The maximum atomic E-state index is 13.1. The van der Waals surface area contributed by atoms with E-state index in [-0.39, 0.29) is 39.6 Å². The first-order chi connectivity index (χ1) is 16.1. The minimum Gasteiger partial charge on any atom is -0.497 e. The Morgan fingerprint density at radius 1 is 1.09 bits per heavy atom. The second-order valence-electron chi connectivity index (χ2n) is 7.90. The number of carboxylic acids is 1. The third-order valence-corrected chi connectivity index (χ3v) is 7.44. The lowest BCUT2D eigenvalue weighted by molar-refractivity contribution is 0.0692. The first kappa shape index (κ1) is 28.6. The third-order valence-electron chi connectivity index (χ3n) is 5.38. The van der Waals surface area contributed by atoms with Crippen LogP contribution in [0.5, 0.6) is 5.75 Å². The van der Waals surface area contributed by atoms with Gasteiger partial charge in [-0.1, -0.05) is 35.9 Å². The fourth-order valence-electron chi connectivity index (χ4n) is 3.54. The molecule has 0 bridgehead atoms. The van der Waals surface area contributed by atoms with Crippen molar-refractivity contribution in [1.29, 1.82) is 0 Å². The lowest BCUT2D eigenvalue weighted by Crippen LogP contribution is -2.32. The molecule has 0 aliphatic carbocycles. The Morgan fingerprint density at radius 2 is 1.77 bits per heavy atom. The number of benzene rings is 3. The monoisotopic (exact) mass is 539 g/mol. The number of halogens is 2. The topological polar surface area (TPSA) is 113 Å². The zero-order chi connectivity index (χ0) is 24.9. The van der Waals surface area contributed by atoms with Gasteiger partial charge in [0.1, 0.15) is 5.75 Å². The van der Waals surface area contributed by atoms with Crippen molar-refractivity contribution in [1.82, 2.24) is 5.32 Å². The molecule has 7 nitrogen and oxygen atoms in total. The maximum absolute atomic E-state index is 13.1. The fraction of sp³-hybridized carbons (Fsp3) is 0.240. The molecule has 0 spiro atoms. The molecule has 0 saturated carbocycles. The highest BCUT2D eigenvalue weighted by molar-refractivity contribution is 7.91. The van der Waals surface area contributed by atoms with Gasteiger partial charge in [-0.3, -0.25) is 0 Å². The van der Waals surface area contributed by atoms with Crippen molar-refractivity contribution >= 4 is 39.8 Å². The molecule has 0 unspecified atom stereocenters. The van der Waals surface area contributed by atoms with Crippen molar-refractivity contribution in [2.45, 2.75) is 35.3 Å². The number of aliphatic hydroxyl groups excluding tert-OH is 1. The fourth-order valence-corrected chi connectivity index (χ4v) is 5.17. The maximum Gasteiger partial charge on any atom is 0.337 e. The zero-order valence-corrected chi connectivity index (χ0v) is 21.5. The minimum atomic E-state index is -4.04. The summed E-state index contributed by atoms with van der Waals surface area (Å²) in [5.41, 5.74) is 1.27. The Kier molecular flexibility index (Phi) is 10.1. The van der Waals surface area contributed by atoms with Crippen LogP contribution in [-0.2, 0) is 16.3 Å². The molecule has 3 aromatic carbocycles. The third kappa shape index (κ3) is 7.19. The van der Waals surface area contributed by atoms with Crippen molar-refractivity contribution in [3.8, 4) is 5.75 Å². The molecule has 0 fully saturated rings. The van der Waals surface area contributed by atoms with Gasteiger partial charge in [0.25, 0.3) is 0 Å². The van der Waals surface area contributed by atoms with Gasteiger partial charge in [0.05, 0.1) is 28.6 Å². The van der Waals surface area contributed by atoms with E-state index < -0.39 is 21.9 Å². The van der Waals surface area contributed by atoms with Gasteiger partial charge in [-0.2, -0.15) is 0 Å². The second kappa shape index (κ2) is 12.4. The summed E-state index contributed by atoms with van der Waals surface area (Å²) in [6, 6.07) is 17.2. The van der Waals surface area contributed by atoms with E-state index in [9.17, 15) is 23.4 Å². The molecular weight excluding hydrogens is 513 g/mol. The molecule has 35 heavy (non-hydrogen) atoms. The van der Waals surface area contributed by atoms with Gasteiger partial charge < -0.3 is 20.3 Å². The Bertz CT molecular complexity index is 1270. The smallest absolute Gasteiger partial charge is 0.337 e. The summed E-state index contributed by atoms with van der Waals surface area (Å²) < 4.78 is 31.2. The number of aromatic carboxylic acids is 1. The van der Waals surface area contributed by atoms with E-state index >= 15 is 0 Å². The molecule has 2 atom stereocenters. The largest absolute Gasteiger partial charge is 0.497 e. The number of sulfone groups is 1. The van der Waals surface area contributed by atoms with E-state index in [4.69, 9.17) is 16.3 Å². The number of methoxy groups -OCH3 is 1. The highest BCUT2D eigenvalue weighted by Crippen LogP contribution is 2.28. The van der Waals surface area contributed by atoms with Gasteiger partial charge >= 0.3 is 5.97 Å². The molecule has 0 aromatic heterocycles. The molecule has 3 rings (SSSR count). The van der Waals surface area contributed by atoms with E-state index in [0.29, 0.717) is 18.0 Å². The minimum absolute atomic E-state index is 0. The SMILES string of the molecule is COc1ccc(S(=O)(=O)c2ccc(C[C@@H](C)NC[C@@H](O)c3cccc(Cl)c3)cc2)c(C(=O)O)c1.Cl. The van der Waals surface area contributed by atoms with Crippen molar-refractivity contribution in [2.75, 3.05) is 13.7 Å². The lowest BCUT2D eigenvalue weighted by atomic mass is 10.1. The van der Waals surface area contributed by atoms with Crippen LogP contribution < -0.4 is 10.1 Å². The number of rotatable bonds is 10. The van der Waals surface area contributed by atoms with Crippen LogP contribution in [0, 0.1) is 0 Å². The van der Waals surface area contributed by atoms with Crippen LogP contribution in [-0.4, -0.2) is 44.3 Å². The number of hydrogen-bond donors (Lipinski definition) is 3. The first-order valence-electron chi connectivity index (χ1n) is 10.5. The second-order valence-corrected chi connectivity index (χ2v) is 10.3. The van der Waals surface area contributed by atoms with Crippen LogP contribution in [0.2, 0.25) is 5.02 Å². The highest BCUT2D eigenvalue weighted by atomic mass is 35.5. The van der Waals surface area contributed by atoms with E-state index in [1.165, 1.54) is 37.4 Å². The molecule has 0 aliphatic heterocycles. The Hall–Kier alpha value is -2.62. The van der Waals surface area contributed by atoms with Crippen molar-refractivity contribution in [2.24, 2.45) is 0 Å². The molecule has 0 saturated heterocycles. The molecule has 3 N–H and O–H groups in total. The predicted octanol–water partition coefficient (Wildman–Crippen LogP) is 4.56. The molecule has 0 radical (unpaired) electrons. The number of aliphatic hydroxyl groups is 1. The average molecular weight is 540 g/mol. The number of carboxylic acid groups (broad SMARTS) is 1. The average Bonchev–Trinajstić information content (AvgIpc) is 2.82. The Balaban J connectivity index is 0.00000432. The van der Waals surface area contributed by atoms with Crippen LogP contribution in [0.3, 0.4) is 0 Å². The number of ether oxygens (including phenoxy) is 1. The Morgan fingerprint density at radius 3 is 2.37 bits per heavy atom. The summed E-state index contributed by atoms with van der Waals surface area (Å²) in [6.07, 6.45) is -0.104. The van der Waals surface area contributed by atoms with Crippen LogP contribution in [0.15, 0.2) is 76.5 Å². The standard InChI is InChI=1S/C25H26ClNO6S.ClH/c1-16(27-15-23(28)18-4-3-5-19(26)13-18)12-17-6-9-21(10-7-17)34(31,32)24-11-8-20(33-2)14-22(24)25(29)30;/h3-11,13-14,16,23,27-28H,12,15H2,1-2H3,(H,29,30);1H/t16-,23-;/m1./s1. The summed E-state index contributed by atoms with van der Waals surface area (Å²) in [6.45, 7) is 2.30. The molecule has 188 valence electrons. The molecule has 3 aromatic rings. The van der Waals surface area contributed by atoms with Crippen molar-refractivity contribution in [3.05, 3.63) is 88.4 Å². The van der Waals surface area contributed by atoms with Gasteiger partial charge in [0.2, 0.25) is 9.84 Å². The molecule has 0 amide bonds. The molecule has 10 heteroatoms. The van der Waals surface area contributed by atoms with E-state index in [1.54, 1.807) is 36.4 Å². The normalized spacial score (nSPS) is 12.9.